The molecule has 1 aliphatic heterocycles. The molecule has 0 saturated heterocycles. The zero-order chi connectivity index (χ0) is 20.0. The topological polar surface area (TPSA) is 61.9 Å². The summed E-state index contributed by atoms with van der Waals surface area (Å²) in [5, 5.41) is 7.22. The first-order valence-corrected chi connectivity index (χ1v) is 9.14. The Morgan fingerprint density at radius 1 is 1.18 bits per heavy atom. The van der Waals surface area contributed by atoms with Crippen LogP contribution in [0.2, 0.25) is 0 Å². The van der Waals surface area contributed by atoms with Crippen molar-refractivity contribution < 1.29 is 13.6 Å². The summed E-state index contributed by atoms with van der Waals surface area (Å²) < 4.78 is 27.6. The van der Waals surface area contributed by atoms with Gasteiger partial charge in [0, 0.05) is 11.6 Å². The van der Waals surface area contributed by atoms with Crippen LogP contribution in [0, 0.1) is 24.5 Å². The Balaban J connectivity index is 1.93. The molecule has 0 radical (unpaired) electrons. The Kier molecular flexibility index (Phi) is 4.45. The van der Waals surface area contributed by atoms with E-state index in [1.54, 1.807) is 13.0 Å². The molecule has 0 fully saturated rings. The second-order valence-electron chi connectivity index (χ2n) is 7.50. The average molecular weight is 382 g/mol. The number of carbonyl (C=O) groups is 1. The standard InChI is InChI=1S/C21H20F2N4O/c1-11(2)6-17-18-19(26-25-17)21(28)27(15-8-14(23)9-24-10-15)20(18)16-5-4-13(22)7-12(16)3/h4-5,7-11,20H,6H2,1-3H3,(H,25,26). The van der Waals surface area contributed by atoms with Gasteiger partial charge in [0.05, 0.1) is 29.8 Å². The predicted molar refractivity (Wildman–Crippen MR) is 101 cm³/mol. The molecule has 1 atom stereocenters. The van der Waals surface area contributed by atoms with Crippen LogP contribution in [0.4, 0.5) is 14.5 Å². The molecule has 1 N–H and O–H groups in total. The van der Waals surface area contributed by atoms with E-state index in [2.05, 4.69) is 29.0 Å². The lowest BCUT2D eigenvalue weighted by Crippen LogP contribution is -2.30. The maximum absolute atomic E-state index is 13.8. The normalized spacial score (nSPS) is 16.1. The SMILES string of the molecule is Cc1cc(F)ccc1C1c2c(CC(C)C)n[nH]c2C(=O)N1c1cncc(F)c1. The van der Waals surface area contributed by atoms with Crippen LogP contribution >= 0.6 is 0 Å². The molecule has 0 spiro atoms. The zero-order valence-electron chi connectivity index (χ0n) is 15.8. The molecule has 1 aliphatic rings. The number of H-pyrrole nitrogens is 1. The van der Waals surface area contributed by atoms with Crippen molar-refractivity contribution in [2.75, 3.05) is 4.90 Å². The minimum Gasteiger partial charge on any atom is -0.294 e. The summed E-state index contributed by atoms with van der Waals surface area (Å²) >= 11 is 0. The molecule has 3 heterocycles. The molecular weight excluding hydrogens is 362 g/mol. The molecule has 4 rings (SSSR count). The number of fused-ring (bicyclic) bond motifs is 1. The number of rotatable bonds is 4. The fourth-order valence-corrected chi connectivity index (χ4v) is 3.79. The lowest BCUT2D eigenvalue weighted by atomic mass is 9.92. The number of hydrogen-bond donors (Lipinski definition) is 1. The van der Waals surface area contributed by atoms with E-state index in [0.29, 0.717) is 29.3 Å². The van der Waals surface area contributed by atoms with Crippen LogP contribution in [0.25, 0.3) is 0 Å². The molecule has 7 heteroatoms. The number of aromatic nitrogens is 3. The second kappa shape index (κ2) is 6.82. The van der Waals surface area contributed by atoms with E-state index in [1.807, 2.05) is 0 Å². The van der Waals surface area contributed by atoms with Gasteiger partial charge in [-0.25, -0.2) is 8.78 Å². The first-order valence-electron chi connectivity index (χ1n) is 9.14. The molecule has 1 unspecified atom stereocenters. The highest BCUT2D eigenvalue weighted by atomic mass is 19.1. The van der Waals surface area contributed by atoms with Gasteiger partial charge in [0.15, 0.2) is 0 Å². The highest BCUT2D eigenvalue weighted by molar-refractivity contribution is 6.10. The van der Waals surface area contributed by atoms with E-state index in [1.165, 1.54) is 29.3 Å². The third-order valence-corrected chi connectivity index (χ3v) is 4.94. The molecule has 144 valence electrons. The van der Waals surface area contributed by atoms with Crippen LogP contribution < -0.4 is 4.90 Å². The highest BCUT2D eigenvalue weighted by Crippen LogP contribution is 2.43. The van der Waals surface area contributed by atoms with Gasteiger partial charge in [-0.1, -0.05) is 19.9 Å². The summed E-state index contributed by atoms with van der Waals surface area (Å²) in [6, 6.07) is 5.22. The van der Waals surface area contributed by atoms with Gasteiger partial charge in [-0.3, -0.25) is 19.8 Å². The Hall–Kier alpha value is -3.09. The molecule has 1 aromatic carbocycles. The van der Waals surface area contributed by atoms with Crippen LogP contribution in [-0.2, 0) is 6.42 Å². The van der Waals surface area contributed by atoms with Crippen molar-refractivity contribution in [3.63, 3.8) is 0 Å². The van der Waals surface area contributed by atoms with E-state index in [4.69, 9.17) is 0 Å². The monoisotopic (exact) mass is 382 g/mol. The molecule has 0 bridgehead atoms. The van der Waals surface area contributed by atoms with Gasteiger partial charge in [0.2, 0.25) is 0 Å². The fraction of sp³-hybridized carbons (Fsp3) is 0.286. The molecule has 28 heavy (non-hydrogen) atoms. The molecule has 2 aromatic heterocycles. The fourth-order valence-electron chi connectivity index (χ4n) is 3.79. The number of amides is 1. The number of nitrogens with zero attached hydrogens (tertiary/aromatic N) is 3. The van der Waals surface area contributed by atoms with Crippen molar-refractivity contribution in [3.8, 4) is 0 Å². The average Bonchev–Trinajstić information content (AvgIpc) is 3.14. The minimum atomic E-state index is -0.532. The number of hydrogen-bond acceptors (Lipinski definition) is 3. The minimum absolute atomic E-state index is 0.307. The van der Waals surface area contributed by atoms with Crippen LogP contribution in [0.5, 0.6) is 0 Å². The Labute approximate surface area is 161 Å². The number of nitrogens with one attached hydrogen (secondary N) is 1. The van der Waals surface area contributed by atoms with Crippen molar-refractivity contribution in [2.45, 2.75) is 33.2 Å². The van der Waals surface area contributed by atoms with Gasteiger partial charge in [0.1, 0.15) is 17.3 Å². The summed E-state index contributed by atoms with van der Waals surface area (Å²) in [6.45, 7) is 5.94. The first kappa shape index (κ1) is 18.3. The van der Waals surface area contributed by atoms with Gasteiger partial charge in [-0.05, 0) is 42.5 Å². The number of benzene rings is 1. The smallest absolute Gasteiger partial charge is 0.277 e. The highest BCUT2D eigenvalue weighted by Gasteiger charge is 2.43. The molecule has 1 amide bonds. The van der Waals surface area contributed by atoms with Crippen LogP contribution in [0.3, 0.4) is 0 Å². The van der Waals surface area contributed by atoms with E-state index in [9.17, 15) is 13.6 Å². The summed E-state index contributed by atoms with van der Waals surface area (Å²) in [4.78, 5) is 18.6. The van der Waals surface area contributed by atoms with E-state index < -0.39 is 11.9 Å². The number of aromatic amines is 1. The molecule has 5 nitrogen and oxygen atoms in total. The van der Waals surface area contributed by atoms with Crippen molar-refractivity contribution >= 4 is 11.6 Å². The molecule has 0 saturated carbocycles. The largest absolute Gasteiger partial charge is 0.294 e. The number of pyridine rings is 1. The van der Waals surface area contributed by atoms with E-state index in [0.717, 1.165) is 23.0 Å². The molecule has 0 aliphatic carbocycles. The van der Waals surface area contributed by atoms with Crippen molar-refractivity contribution in [2.24, 2.45) is 5.92 Å². The summed E-state index contributed by atoms with van der Waals surface area (Å²) in [5.74, 6) is -0.851. The quantitative estimate of drug-likeness (QED) is 0.730. The van der Waals surface area contributed by atoms with E-state index in [-0.39, 0.29) is 11.7 Å². The Morgan fingerprint density at radius 2 is 1.96 bits per heavy atom. The third kappa shape index (κ3) is 2.96. The number of carbonyl (C=O) groups excluding carboxylic acids is 1. The number of aryl methyl sites for hydroxylation is 1. The van der Waals surface area contributed by atoms with Crippen molar-refractivity contribution in [1.82, 2.24) is 15.2 Å². The van der Waals surface area contributed by atoms with Crippen molar-refractivity contribution in [1.29, 1.82) is 0 Å². The summed E-state index contributed by atoms with van der Waals surface area (Å²) in [6.07, 6.45) is 3.23. The number of anilines is 1. The lowest BCUT2D eigenvalue weighted by molar-refractivity contribution is 0.0988. The maximum atomic E-state index is 13.8. The van der Waals surface area contributed by atoms with Gasteiger partial charge in [-0.15, -0.1) is 0 Å². The van der Waals surface area contributed by atoms with Crippen LogP contribution in [0.15, 0.2) is 36.7 Å². The first-order chi connectivity index (χ1) is 13.4. The second-order valence-corrected chi connectivity index (χ2v) is 7.50. The van der Waals surface area contributed by atoms with E-state index >= 15 is 0 Å². The lowest BCUT2D eigenvalue weighted by Gasteiger charge is -2.27. The van der Waals surface area contributed by atoms with Gasteiger partial charge >= 0.3 is 0 Å². The van der Waals surface area contributed by atoms with Crippen LogP contribution in [-0.4, -0.2) is 21.1 Å². The molecular formula is C21H20F2N4O. The Morgan fingerprint density at radius 3 is 2.64 bits per heavy atom. The summed E-state index contributed by atoms with van der Waals surface area (Å²) in [5.41, 5.74) is 3.75. The van der Waals surface area contributed by atoms with Gasteiger partial charge < -0.3 is 0 Å². The van der Waals surface area contributed by atoms with Crippen LogP contribution in [0.1, 0.15) is 52.8 Å². The zero-order valence-corrected chi connectivity index (χ0v) is 15.8. The predicted octanol–water partition coefficient (Wildman–Crippen LogP) is 4.34. The van der Waals surface area contributed by atoms with Crippen molar-refractivity contribution in [3.05, 3.63) is 76.4 Å². The summed E-state index contributed by atoms with van der Waals surface area (Å²) in [7, 11) is 0. The third-order valence-electron chi connectivity index (χ3n) is 4.94. The molecule has 3 aromatic rings. The number of halogens is 2. The Bertz CT molecular complexity index is 1060. The van der Waals surface area contributed by atoms with Gasteiger partial charge in [0.25, 0.3) is 5.91 Å². The van der Waals surface area contributed by atoms with Gasteiger partial charge in [-0.2, -0.15) is 5.10 Å². The maximum Gasteiger partial charge on any atom is 0.277 e.